The van der Waals surface area contributed by atoms with Crippen LogP contribution < -0.4 is 20.7 Å². The molecular formula is C20H25N3O3. The lowest BCUT2D eigenvalue weighted by Crippen LogP contribution is -2.20. The minimum atomic E-state index is -0.330. The third-order valence-electron chi connectivity index (χ3n) is 3.73. The number of rotatable bonds is 8. The Morgan fingerprint density at radius 2 is 1.50 bits per heavy atom. The van der Waals surface area contributed by atoms with Gasteiger partial charge in [0.1, 0.15) is 5.75 Å². The van der Waals surface area contributed by atoms with E-state index in [-0.39, 0.29) is 11.9 Å². The second kappa shape index (κ2) is 10.1. The Balaban J connectivity index is 1.83. The maximum Gasteiger partial charge on any atom is 0.323 e. The van der Waals surface area contributed by atoms with Crippen LogP contribution in [0.15, 0.2) is 48.5 Å². The van der Waals surface area contributed by atoms with E-state index in [4.69, 9.17) is 4.74 Å². The number of carbonyl (C=O) groups is 2. The molecule has 6 heteroatoms. The molecule has 0 fully saturated rings. The first-order valence-corrected chi connectivity index (χ1v) is 8.71. The summed E-state index contributed by atoms with van der Waals surface area (Å²) < 4.78 is 5.59. The van der Waals surface area contributed by atoms with Crippen molar-refractivity contribution < 1.29 is 14.3 Å². The van der Waals surface area contributed by atoms with Crippen LogP contribution >= 0.6 is 0 Å². The molecule has 0 unspecified atom stereocenters. The summed E-state index contributed by atoms with van der Waals surface area (Å²) in [4.78, 5) is 23.4. The summed E-state index contributed by atoms with van der Waals surface area (Å²) in [5, 5.41) is 8.11. The summed E-state index contributed by atoms with van der Waals surface area (Å²) in [6.45, 7) is 2.81. The van der Waals surface area contributed by atoms with E-state index >= 15 is 0 Å². The summed E-state index contributed by atoms with van der Waals surface area (Å²) in [6, 6.07) is 14.1. The minimum absolute atomic E-state index is 0.0504. The average Bonchev–Trinajstić information content (AvgIpc) is 2.65. The predicted octanol–water partition coefficient (Wildman–Crippen LogP) is 3.80. The molecule has 3 N–H and O–H groups in total. The van der Waals surface area contributed by atoms with E-state index in [9.17, 15) is 9.59 Å². The molecule has 0 spiro atoms. The Bertz CT molecular complexity index is 712. The Hall–Kier alpha value is -3.02. The number of ether oxygens (including phenoxy) is 1. The van der Waals surface area contributed by atoms with Gasteiger partial charge in [0.2, 0.25) is 5.91 Å². The first kappa shape index (κ1) is 19.3. The molecule has 138 valence electrons. The maximum atomic E-state index is 12.1. The average molecular weight is 355 g/mol. The van der Waals surface area contributed by atoms with E-state index in [1.807, 2.05) is 24.3 Å². The zero-order chi connectivity index (χ0) is 18.8. The molecule has 0 saturated carbocycles. The van der Waals surface area contributed by atoms with Crippen molar-refractivity contribution in [3.05, 3.63) is 54.1 Å². The van der Waals surface area contributed by atoms with Crippen LogP contribution in [-0.2, 0) is 11.2 Å². The first-order chi connectivity index (χ1) is 12.6. The van der Waals surface area contributed by atoms with Crippen LogP contribution in [-0.4, -0.2) is 25.6 Å². The van der Waals surface area contributed by atoms with Crippen molar-refractivity contribution in [1.82, 2.24) is 5.32 Å². The summed E-state index contributed by atoms with van der Waals surface area (Å²) in [5.41, 5.74) is 2.22. The van der Waals surface area contributed by atoms with Crippen LogP contribution in [0.3, 0.4) is 0 Å². The third kappa shape index (κ3) is 6.47. The molecule has 0 bridgehead atoms. The van der Waals surface area contributed by atoms with Gasteiger partial charge in [-0.05, 0) is 48.4 Å². The number of hydrogen-bond donors (Lipinski definition) is 3. The van der Waals surface area contributed by atoms with Gasteiger partial charge < -0.3 is 20.7 Å². The molecule has 0 saturated heterocycles. The number of amides is 3. The molecule has 0 heterocycles. The second-order valence-corrected chi connectivity index (χ2v) is 5.85. The van der Waals surface area contributed by atoms with Crippen molar-refractivity contribution in [3.8, 4) is 5.75 Å². The summed E-state index contributed by atoms with van der Waals surface area (Å²) in [6.07, 6.45) is 2.42. The predicted molar refractivity (Wildman–Crippen MR) is 104 cm³/mol. The monoisotopic (exact) mass is 355 g/mol. The van der Waals surface area contributed by atoms with E-state index < -0.39 is 0 Å². The standard InChI is InChI=1S/C20H25N3O3/c1-3-4-13-26-18-11-9-17(10-12-18)23-20(25)22-16-7-5-15(6-8-16)14-19(24)21-2/h5-12H,3-4,13-14H2,1-2H3,(H,21,24)(H2,22,23,25). The van der Waals surface area contributed by atoms with E-state index in [0.29, 0.717) is 24.4 Å². The fourth-order valence-corrected chi connectivity index (χ4v) is 2.24. The number of urea groups is 1. The van der Waals surface area contributed by atoms with Crippen LogP contribution in [0.5, 0.6) is 5.75 Å². The summed E-state index contributed by atoms with van der Waals surface area (Å²) in [5.74, 6) is 0.738. The quantitative estimate of drug-likeness (QED) is 0.630. The van der Waals surface area contributed by atoms with Crippen LogP contribution in [0.25, 0.3) is 0 Å². The lowest BCUT2D eigenvalue weighted by molar-refractivity contribution is -0.119. The summed E-state index contributed by atoms with van der Waals surface area (Å²) in [7, 11) is 1.60. The highest BCUT2D eigenvalue weighted by Gasteiger charge is 2.05. The zero-order valence-corrected chi connectivity index (χ0v) is 15.2. The lowest BCUT2D eigenvalue weighted by Gasteiger charge is -2.10. The molecule has 2 rings (SSSR count). The molecule has 6 nitrogen and oxygen atoms in total. The lowest BCUT2D eigenvalue weighted by atomic mass is 10.1. The Morgan fingerprint density at radius 3 is 2.04 bits per heavy atom. The molecule has 0 aromatic heterocycles. The fourth-order valence-electron chi connectivity index (χ4n) is 2.24. The van der Waals surface area contributed by atoms with Crippen molar-refractivity contribution in [1.29, 1.82) is 0 Å². The van der Waals surface area contributed by atoms with Crippen LogP contribution in [0.1, 0.15) is 25.3 Å². The number of nitrogens with one attached hydrogen (secondary N) is 3. The molecule has 3 amide bonds. The van der Waals surface area contributed by atoms with Gasteiger partial charge >= 0.3 is 6.03 Å². The number of anilines is 2. The largest absolute Gasteiger partial charge is 0.494 e. The van der Waals surface area contributed by atoms with Gasteiger partial charge in [0.15, 0.2) is 0 Å². The minimum Gasteiger partial charge on any atom is -0.494 e. The second-order valence-electron chi connectivity index (χ2n) is 5.85. The number of benzene rings is 2. The Labute approximate surface area is 153 Å². The van der Waals surface area contributed by atoms with Gasteiger partial charge in [0.05, 0.1) is 13.0 Å². The van der Waals surface area contributed by atoms with Gasteiger partial charge in [-0.1, -0.05) is 25.5 Å². The fraction of sp³-hybridized carbons (Fsp3) is 0.300. The van der Waals surface area contributed by atoms with E-state index in [0.717, 1.165) is 24.2 Å². The molecule has 26 heavy (non-hydrogen) atoms. The number of likely N-dealkylation sites (N-methyl/N-ethyl adjacent to an activating group) is 1. The van der Waals surface area contributed by atoms with Gasteiger partial charge in [-0.25, -0.2) is 4.79 Å². The zero-order valence-electron chi connectivity index (χ0n) is 15.2. The maximum absolute atomic E-state index is 12.1. The van der Waals surface area contributed by atoms with Crippen molar-refractivity contribution in [2.75, 3.05) is 24.3 Å². The van der Waals surface area contributed by atoms with Crippen molar-refractivity contribution in [2.45, 2.75) is 26.2 Å². The third-order valence-corrected chi connectivity index (χ3v) is 3.73. The van der Waals surface area contributed by atoms with Crippen molar-refractivity contribution in [2.24, 2.45) is 0 Å². The Morgan fingerprint density at radius 1 is 0.923 bits per heavy atom. The summed E-state index contributed by atoms with van der Waals surface area (Å²) >= 11 is 0. The van der Waals surface area contributed by atoms with Gasteiger partial charge in [-0.3, -0.25) is 4.79 Å². The molecule has 0 aliphatic heterocycles. The molecule has 0 aliphatic carbocycles. The number of carbonyl (C=O) groups excluding carboxylic acids is 2. The Kier molecular flexibility index (Phi) is 7.49. The molecule has 2 aromatic rings. The topological polar surface area (TPSA) is 79.5 Å². The normalized spacial score (nSPS) is 10.1. The number of unbranched alkanes of at least 4 members (excludes halogenated alkanes) is 1. The SMILES string of the molecule is CCCCOc1ccc(NC(=O)Nc2ccc(CC(=O)NC)cc2)cc1. The van der Waals surface area contributed by atoms with Crippen LogP contribution in [0.2, 0.25) is 0 Å². The highest BCUT2D eigenvalue weighted by Crippen LogP contribution is 2.17. The molecule has 0 aliphatic rings. The van der Waals surface area contributed by atoms with Crippen molar-refractivity contribution >= 4 is 23.3 Å². The van der Waals surface area contributed by atoms with Gasteiger partial charge in [0.25, 0.3) is 0 Å². The molecule has 0 radical (unpaired) electrons. The molecule has 2 aromatic carbocycles. The van der Waals surface area contributed by atoms with Crippen LogP contribution in [0.4, 0.5) is 16.2 Å². The van der Waals surface area contributed by atoms with Gasteiger partial charge in [-0.2, -0.15) is 0 Å². The highest BCUT2D eigenvalue weighted by molar-refractivity contribution is 5.99. The van der Waals surface area contributed by atoms with Gasteiger partial charge in [-0.15, -0.1) is 0 Å². The van der Waals surface area contributed by atoms with E-state index in [2.05, 4.69) is 22.9 Å². The smallest absolute Gasteiger partial charge is 0.323 e. The van der Waals surface area contributed by atoms with Crippen LogP contribution in [0, 0.1) is 0 Å². The van der Waals surface area contributed by atoms with Gasteiger partial charge in [0, 0.05) is 18.4 Å². The molecular weight excluding hydrogens is 330 g/mol. The number of hydrogen-bond acceptors (Lipinski definition) is 3. The first-order valence-electron chi connectivity index (χ1n) is 8.71. The molecule has 0 atom stereocenters. The van der Waals surface area contributed by atoms with Crippen molar-refractivity contribution in [3.63, 3.8) is 0 Å². The highest BCUT2D eigenvalue weighted by atomic mass is 16.5. The van der Waals surface area contributed by atoms with E-state index in [1.165, 1.54) is 0 Å². The van der Waals surface area contributed by atoms with E-state index in [1.54, 1.807) is 31.3 Å².